The molecule has 0 amide bonds. The van der Waals surface area contributed by atoms with Crippen LogP contribution in [-0.4, -0.2) is 49.0 Å². The number of rotatable bonds is 8. The van der Waals surface area contributed by atoms with E-state index in [1.54, 1.807) is 16.0 Å². The summed E-state index contributed by atoms with van der Waals surface area (Å²) in [6.45, 7) is 9.22. The number of carbonyl (C=O) groups excluding carboxylic acids is 1. The molecule has 0 spiro atoms. The van der Waals surface area contributed by atoms with Crippen molar-refractivity contribution in [3.05, 3.63) is 81.6 Å². The number of pyridine rings is 2. The average Bonchev–Trinajstić information content (AvgIpc) is 3.55. The first-order chi connectivity index (χ1) is 19.9. The van der Waals surface area contributed by atoms with Crippen molar-refractivity contribution in [2.45, 2.75) is 59.0 Å². The second kappa shape index (κ2) is 11.7. The summed E-state index contributed by atoms with van der Waals surface area (Å²) >= 11 is 1.78. The molecule has 2 atom stereocenters. The van der Waals surface area contributed by atoms with Gasteiger partial charge >= 0.3 is 5.97 Å². The van der Waals surface area contributed by atoms with Crippen LogP contribution in [0.25, 0.3) is 21.3 Å². The quantitative estimate of drug-likeness (QED) is 0.214. The predicted molar refractivity (Wildman–Crippen MR) is 162 cm³/mol. The Labute approximate surface area is 244 Å². The highest BCUT2D eigenvalue weighted by molar-refractivity contribution is 7.17. The van der Waals surface area contributed by atoms with Crippen molar-refractivity contribution in [3.8, 4) is 0 Å². The Morgan fingerprint density at radius 2 is 2.10 bits per heavy atom. The van der Waals surface area contributed by atoms with Gasteiger partial charge in [-0.3, -0.25) is 14.7 Å². The van der Waals surface area contributed by atoms with Crippen LogP contribution in [0.5, 0.6) is 0 Å². The van der Waals surface area contributed by atoms with Crippen molar-refractivity contribution in [2.24, 2.45) is 13.0 Å². The summed E-state index contributed by atoms with van der Waals surface area (Å²) in [6, 6.07) is 11.0. The third-order valence-electron chi connectivity index (χ3n) is 8.37. The van der Waals surface area contributed by atoms with E-state index < -0.39 is 0 Å². The molecule has 0 saturated carbocycles. The molecular weight excluding hydrogens is 532 g/mol. The smallest absolute Gasteiger partial charge is 0.306 e. The van der Waals surface area contributed by atoms with E-state index in [9.17, 15) is 4.79 Å². The lowest BCUT2D eigenvalue weighted by molar-refractivity contribution is -0.143. The molecule has 8 nitrogen and oxygen atoms in total. The number of thiophene rings is 1. The molecule has 0 saturated heterocycles. The molecule has 5 aromatic rings. The van der Waals surface area contributed by atoms with E-state index in [0.29, 0.717) is 12.5 Å². The Morgan fingerprint density at radius 1 is 1.22 bits per heavy atom. The summed E-state index contributed by atoms with van der Waals surface area (Å²) in [7, 11) is 1.84. The number of benzene rings is 1. The Hall–Kier alpha value is -3.69. The highest BCUT2D eigenvalue weighted by Crippen LogP contribution is 2.37. The van der Waals surface area contributed by atoms with Gasteiger partial charge in [0.2, 0.25) is 0 Å². The van der Waals surface area contributed by atoms with Crippen LogP contribution in [0, 0.1) is 12.8 Å². The zero-order chi connectivity index (χ0) is 28.5. The van der Waals surface area contributed by atoms with Gasteiger partial charge < -0.3 is 4.74 Å². The first-order valence-electron chi connectivity index (χ1n) is 14.4. The van der Waals surface area contributed by atoms with Gasteiger partial charge in [0.05, 0.1) is 18.7 Å². The molecule has 9 heteroatoms. The van der Waals surface area contributed by atoms with Crippen LogP contribution in [0.4, 0.5) is 0 Å². The van der Waals surface area contributed by atoms with E-state index >= 15 is 0 Å². The summed E-state index contributed by atoms with van der Waals surface area (Å²) in [5.41, 5.74) is 8.38. The molecule has 4 aromatic heterocycles. The SMILES string of the molecule is CCOC(=O)C[C@H](c1cc(CN2Cc3ncccc3C[C@H](CC)C2)c2sccc2c1)c1cnc2c(nnn2C)c1C. The van der Waals surface area contributed by atoms with Crippen LogP contribution in [0.2, 0.25) is 0 Å². The standard InChI is InChI=1S/C32H36N6O2S/c1-5-21-12-22-8-7-10-33-28(22)19-38(17-21)18-25-14-24(13-23-9-11-41-31(23)25)26(15-29(39)40-6-2)27-16-34-32-30(20(27)3)35-36-37(32)4/h7-11,13-14,16,21,26H,5-6,12,15,17-19H2,1-4H3/t21-,26+/m0/s1. The topological polar surface area (TPSA) is 86.0 Å². The maximum atomic E-state index is 12.9. The minimum absolute atomic E-state index is 0.217. The van der Waals surface area contributed by atoms with Crippen molar-refractivity contribution in [1.29, 1.82) is 0 Å². The summed E-state index contributed by atoms with van der Waals surface area (Å²) in [5.74, 6) is 0.154. The number of carbonyl (C=O) groups is 1. The molecule has 0 fully saturated rings. The van der Waals surface area contributed by atoms with E-state index in [1.165, 1.54) is 26.9 Å². The fourth-order valence-corrected chi connectivity index (χ4v) is 7.09. The van der Waals surface area contributed by atoms with Gasteiger partial charge in [-0.1, -0.05) is 30.7 Å². The van der Waals surface area contributed by atoms with Gasteiger partial charge in [-0.2, -0.15) is 0 Å². The molecule has 0 bridgehead atoms. The largest absolute Gasteiger partial charge is 0.466 e. The molecule has 5 heterocycles. The van der Waals surface area contributed by atoms with E-state index in [1.807, 2.05) is 33.3 Å². The number of nitrogens with zero attached hydrogens (tertiary/aromatic N) is 6. The summed E-state index contributed by atoms with van der Waals surface area (Å²) in [5, 5.41) is 11.9. The van der Waals surface area contributed by atoms with Crippen molar-refractivity contribution in [1.82, 2.24) is 29.9 Å². The number of hydrogen-bond donors (Lipinski definition) is 0. The number of aryl methyl sites for hydroxylation is 2. The number of hydrogen-bond acceptors (Lipinski definition) is 8. The number of esters is 1. The first kappa shape index (κ1) is 27.5. The Bertz CT molecular complexity index is 1710. The molecule has 212 valence electrons. The van der Waals surface area contributed by atoms with Gasteiger partial charge in [0, 0.05) is 49.7 Å². The van der Waals surface area contributed by atoms with Gasteiger partial charge in [0.25, 0.3) is 0 Å². The van der Waals surface area contributed by atoms with Crippen LogP contribution >= 0.6 is 11.3 Å². The molecule has 1 aliphatic heterocycles. The monoisotopic (exact) mass is 568 g/mol. The lowest BCUT2D eigenvalue weighted by Crippen LogP contribution is -2.27. The molecule has 41 heavy (non-hydrogen) atoms. The molecule has 1 aromatic carbocycles. The maximum Gasteiger partial charge on any atom is 0.306 e. The molecule has 0 aliphatic carbocycles. The molecule has 0 N–H and O–H groups in total. The van der Waals surface area contributed by atoms with Crippen molar-refractivity contribution in [2.75, 3.05) is 13.2 Å². The van der Waals surface area contributed by atoms with Gasteiger partial charge in [0.1, 0.15) is 5.52 Å². The third kappa shape index (κ3) is 5.48. The van der Waals surface area contributed by atoms with Crippen LogP contribution in [-0.2, 0) is 36.1 Å². The fraction of sp³-hybridized carbons (Fsp3) is 0.406. The minimum atomic E-state index is -0.218. The maximum absolute atomic E-state index is 12.9. The van der Waals surface area contributed by atoms with Crippen LogP contribution < -0.4 is 0 Å². The van der Waals surface area contributed by atoms with Crippen molar-refractivity contribution < 1.29 is 9.53 Å². The molecular formula is C32H36N6O2S. The zero-order valence-corrected chi connectivity index (χ0v) is 24.9. The zero-order valence-electron chi connectivity index (χ0n) is 24.1. The number of ether oxygens (including phenoxy) is 1. The van der Waals surface area contributed by atoms with Gasteiger partial charge in [0.15, 0.2) is 5.65 Å². The molecule has 0 radical (unpaired) electrons. The van der Waals surface area contributed by atoms with Gasteiger partial charge in [-0.15, -0.1) is 16.4 Å². The van der Waals surface area contributed by atoms with Crippen LogP contribution in [0.15, 0.2) is 48.1 Å². The predicted octanol–water partition coefficient (Wildman–Crippen LogP) is 5.95. The van der Waals surface area contributed by atoms with Crippen LogP contribution in [0.1, 0.15) is 66.1 Å². The van der Waals surface area contributed by atoms with Crippen LogP contribution in [0.3, 0.4) is 0 Å². The lowest BCUT2D eigenvalue weighted by atomic mass is 9.85. The van der Waals surface area contributed by atoms with Gasteiger partial charge in [-0.05, 0) is 83.0 Å². The van der Waals surface area contributed by atoms with Crippen molar-refractivity contribution >= 4 is 38.6 Å². The second-order valence-electron chi connectivity index (χ2n) is 11.1. The highest BCUT2D eigenvalue weighted by Gasteiger charge is 2.26. The Morgan fingerprint density at radius 3 is 2.93 bits per heavy atom. The third-order valence-corrected chi connectivity index (χ3v) is 9.38. The second-order valence-corrected chi connectivity index (χ2v) is 12.0. The van der Waals surface area contributed by atoms with E-state index in [-0.39, 0.29) is 18.3 Å². The minimum Gasteiger partial charge on any atom is -0.466 e. The van der Waals surface area contributed by atoms with E-state index in [0.717, 1.165) is 60.3 Å². The summed E-state index contributed by atoms with van der Waals surface area (Å²) < 4.78 is 8.41. The lowest BCUT2D eigenvalue weighted by Gasteiger charge is -2.25. The Kier molecular flexibility index (Phi) is 7.81. The normalized spacial score (nSPS) is 16.5. The average molecular weight is 569 g/mol. The highest BCUT2D eigenvalue weighted by atomic mass is 32.1. The summed E-state index contributed by atoms with van der Waals surface area (Å²) in [6.07, 6.45) is 6.23. The fourth-order valence-electron chi connectivity index (χ4n) is 6.20. The molecule has 6 rings (SSSR count). The molecule has 0 unspecified atom stereocenters. The van der Waals surface area contributed by atoms with Crippen molar-refractivity contribution in [3.63, 3.8) is 0 Å². The summed E-state index contributed by atoms with van der Waals surface area (Å²) in [4.78, 5) is 24.9. The van der Waals surface area contributed by atoms with E-state index in [2.05, 4.69) is 57.8 Å². The number of fused-ring (bicyclic) bond motifs is 3. The van der Waals surface area contributed by atoms with Gasteiger partial charge in [-0.25, -0.2) is 9.67 Å². The Balaban J connectivity index is 1.42. The first-order valence-corrected chi connectivity index (χ1v) is 15.3. The number of aromatic nitrogens is 5. The molecule has 1 aliphatic rings. The van der Waals surface area contributed by atoms with E-state index in [4.69, 9.17) is 14.7 Å².